The van der Waals surface area contributed by atoms with Gasteiger partial charge >= 0.3 is 0 Å². The highest BCUT2D eigenvalue weighted by atomic mass is 31.1. The lowest BCUT2D eigenvalue weighted by Crippen LogP contribution is -2.04. The zero-order valence-electron chi connectivity index (χ0n) is 13.8. The van der Waals surface area contributed by atoms with Crippen molar-refractivity contribution < 1.29 is 9.36 Å². The summed E-state index contributed by atoms with van der Waals surface area (Å²) in [6.45, 7) is 3.98. The molecule has 0 heterocycles. The van der Waals surface area contributed by atoms with Gasteiger partial charge in [0.25, 0.3) is 0 Å². The highest BCUT2D eigenvalue weighted by Gasteiger charge is 2.14. The summed E-state index contributed by atoms with van der Waals surface area (Å²) in [5.41, 5.74) is 4.11. The molecule has 0 saturated carbocycles. The van der Waals surface area contributed by atoms with Gasteiger partial charge in [0, 0.05) is 12.0 Å². The van der Waals surface area contributed by atoms with Crippen LogP contribution < -0.4 is 0 Å². The molecule has 0 radical (unpaired) electrons. The van der Waals surface area contributed by atoms with Gasteiger partial charge in [0.2, 0.25) is 0 Å². The summed E-state index contributed by atoms with van der Waals surface area (Å²) in [4.78, 5) is 12.4. The van der Waals surface area contributed by atoms with E-state index < -0.39 is 0 Å². The maximum Gasteiger partial charge on any atom is 0.163 e. The molecule has 3 heteroatoms. The first kappa shape index (κ1) is 17.6. The monoisotopic (exact) mass is 326 g/mol. The molecule has 1 atom stereocenters. The van der Waals surface area contributed by atoms with E-state index in [1.807, 2.05) is 62.4 Å². The van der Waals surface area contributed by atoms with Crippen molar-refractivity contribution in [3.63, 3.8) is 0 Å². The minimum atomic E-state index is 0.0338. The highest BCUT2D eigenvalue weighted by molar-refractivity contribution is 7.24. The first-order chi connectivity index (χ1) is 11.1. The fraction of sp³-hybridized carbons (Fsp3) is 0.350. The van der Waals surface area contributed by atoms with E-state index in [2.05, 4.69) is 0 Å². The second-order valence-corrected chi connectivity index (χ2v) is 6.80. The van der Waals surface area contributed by atoms with Gasteiger partial charge in [0.1, 0.15) is 0 Å². The lowest BCUT2D eigenvalue weighted by atomic mass is 9.95. The van der Waals surface area contributed by atoms with Crippen molar-refractivity contribution in [1.29, 1.82) is 0 Å². The van der Waals surface area contributed by atoms with E-state index in [1.54, 1.807) is 0 Å². The Labute approximate surface area is 140 Å². The van der Waals surface area contributed by atoms with Crippen molar-refractivity contribution >= 4 is 14.2 Å². The van der Waals surface area contributed by atoms with Gasteiger partial charge in [-0.1, -0.05) is 55.0 Å². The summed E-state index contributed by atoms with van der Waals surface area (Å²) in [5.74, 6) is 0.219. The maximum absolute atomic E-state index is 12.4. The number of hydrogen-bond donors (Lipinski definition) is 0. The molecule has 2 rings (SSSR count). The van der Waals surface area contributed by atoms with E-state index in [4.69, 9.17) is 0 Å². The van der Waals surface area contributed by atoms with Crippen LogP contribution in [0.3, 0.4) is 0 Å². The molecule has 0 fully saturated rings. The Morgan fingerprint density at radius 1 is 0.957 bits per heavy atom. The normalized spacial score (nSPS) is 12.3. The molecule has 0 aliphatic carbocycles. The summed E-state index contributed by atoms with van der Waals surface area (Å²) >= 11 is 0. The van der Waals surface area contributed by atoms with E-state index in [0.717, 1.165) is 41.5 Å². The Kier molecular flexibility index (Phi) is 6.67. The summed E-state index contributed by atoms with van der Waals surface area (Å²) < 4.78 is 11.4. The third-order valence-electron chi connectivity index (χ3n) is 4.20. The maximum atomic E-state index is 12.4. The topological polar surface area (TPSA) is 34.1 Å². The van der Waals surface area contributed by atoms with Crippen LogP contribution in [-0.4, -0.2) is 5.78 Å². The van der Waals surface area contributed by atoms with Crippen molar-refractivity contribution in [2.24, 2.45) is 0 Å². The Hall–Kier alpha value is -1.79. The first-order valence-corrected chi connectivity index (χ1v) is 8.98. The van der Waals surface area contributed by atoms with Crippen LogP contribution in [0.2, 0.25) is 0 Å². The predicted octanol–water partition coefficient (Wildman–Crippen LogP) is 6.08. The molecule has 0 saturated heterocycles. The highest BCUT2D eigenvalue weighted by Crippen LogP contribution is 2.32. The number of unbranched alkanes of at least 4 members (excludes halogenated alkanes) is 1. The largest absolute Gasteiger partial charge is 0.294 e. The molecule has 2 aromatic rings. The molecule has 0 bridgehead atoms. The molecular formula is C20H23O2P. The molecule has 0 aliphatic rings. The smallest absolute Gasteiger partial charge is 0.163 e. The van der Waals surface area contributed by atoms with Crippen molar-refractivity contribution in [1.82, 2.24) is 0 Å². The van der Waals surface area contributed by atoms with E-state index in [9.17, 15) is 9.36 Å². The molecule has 0 spiro atoms. The molecule has 0 amide bonds. The van der Waals surface area contributed by atoms with Crippen molar-refractivity contribution in [2.75, 3.05) is 0 Å². The van der Waals surface area contributed by atoms with Gasteiger partial charge in [0.05, 0.1) is 5.66 Å². The number of carbonyl (C=O) groups is 1. The van der Waals surface area contributed by atoms with Crippen LogP contribution in [0.5, 0.6) is 0 Å². The molecule has 120 valence electrons. The molecule has 0 aromatic heterocycles. The second kappa shape index (κ2) is 8.74. The summed E-state index contributed by atoms with van der Waals surface area (Å²) in [6, 6.07) is 15.9. The lowest BCUT2D eigenvalue weighted by molar-refractivity contribution is 0.0978. The molecule has 1 unspecified atom stereocenters. The number of ketones is 1. The van der Waals surface area contributed by atoms with E-state index in [0.29, 0.717) is 6.42 Å². The fourth-order valence-electron chi connectivity index (χ4n) is 2.96. The number of rotatable bonds is 8. The third kappa shape index (κ3) is 4.84. The van der Waals surface area contributed by atoms with Crippen LogP contribution in [0.4, 0.5) is 0 Å². The number of aryl methyl sites for hydroxylation is 2. The molecular weight excluding hydrogens is 303 g/mol. The molecule has 23 heavy (non-hydrogen) atoms. The molecule has 0 aliphatic heterocycles. The van der Waals surface area contributed by atoms with Crippen molar-refractivity contribution in [2.45, 2.75) is 45.2 Å². The van der Waals surface area contributed by atoms with E-state index in [-0.39, 0.29) is 19.9 Å². The average Bonchev–Trinajstić information content (AvgIpc) is 2.55. The van der Waals surface area contributed by atoms with Crippen molar-refractivity contribution in [3.8, 4) is 0 Å². The van der Waals surface area contributed by atoms with Gasteiger partial charge in [-0.2, -0.15) is 0 Å². The van der Waals surface area contributed by atoms with E-state index >= 15 is 0 Å². The Morgan fingerprint density at radius 3 is 2.22 bits per heavy atom. The van der Waals surface area contributed by atoms with Gasteiger partial charge in [-0.05, 0) is 43.4 Å². The van der Waals surface area contributed by atoms with Crippen LogP contribution in [0.15, 0.2) is 48.5 Å². The van der Waals surface area contributed by atoms with Crippen LogP contribution in [0.1, 0.15) is 58.4 Å². The van der Waals surface area contributed by atoms with Crippen molar-refractivity contribution in [3.05, 3.63) is 70.8 Å². The summed E-state index contributed by atoms with van der Waals surface area (Å²) in [7, 11) is 0.157. The third-order valence-corrected chi connectivity index (χ3v) is 5.01. The molecule has 2 nitrogen and oxygen atoms in total. The number of Topliss-reactive ketones (excluding diaryl/α,β-unsaturated/α-hetero) is 1. The van der Waals surface area contributed by atoms with Crippen LogP contribution in [-0.2, 0) is 4.57 Å². The van der Waals surface area contributed by atoms with Gasteiger partial charge in [-0.15, -0.1) is 0 Å². The quantitative estimate of drug-likeness (QED) is 0.335. The number of carbonyl (C=O) groups excluding carboxylic acids is 1. The minimum Gasteiger partial charge on any atom is -0.294 e. The van der Waals surface area contributed by atoms with Gasteiger partial charge < -0.3 is 0 Å². The summed E-state index contributed by atoms with van der Waals surface area (Å²) in [5, 5.41) is 0. The summed E-state index contributed by atoms with van der Waals surface area (Å²) in [6.07, 6.45) is 3.15. The standard InChI is InChI=1S/C20H23O2P/c1-15-9-8-10-16(2)20(15)18(21)13-6-7-14-19(23-22)17-11-4-3-5-12-17/h3-5,8-12,19H,6-7,13-14H2,1-2H3. The van der Waals surface area contributed by atoms with Crippen LogP contribution in [0, 0.1) is 13.8 Å². The van der Waals surface area contributed by atoms with Gasteiger partial charge in [-0.3, -0.25) is 9.36 Å². The number of hydrogen-bond acceptors (Lipinski definition) is 2. The van der Waals surface area contributed by atoms with Crippen LogP contribution >= 0.6 is 8.46 Å². The first-order valence-electron chi connectivity index (χ1n) is 8.10. The zero-order chi connectivity index (χ0) is 16.7. The molecule has 0 N–H and O–H groups in total. The van der Waals surface area contributed by atoms with Crippen LogP contribution in [0.25, 0.3) is 0 Å². The zero-order valence-corrected chi connectivity index (χ0v) is 14.7. The number of benzene rings is 2. The lowest BCUT2D eigenvalue weighted by Gasteiger charge is -2.10. The molecule has 2 aromatic carbocycles. The fourth-order valence-corrected chi connectivity index (χ4v) is 3.54. The SMILES string of the molecule is Cc1cccc(C)c1C(=O)CCCCC(P=O)c1ccccc1. The predicted molar refractivity (Wildman–Crippen MR) is 95.5 cm³/mol. The average molecular weight is 326 g/mol. The Morgan fingerprint density at radius 2 is 1.61 bits per heavy atom. The Balaban J connectivity index is 1.85. The minimum absolute atomic E-state index is 0.0338. The Bertz CT molecular complexity index is 644. The second-order valence-electron chi connectivity index (χ2n) is 5.97. The van der Waals surface area contributed by atoms with Gasteiger partial charge in [-0.25, -0.2) is 0 Å². The van der Waals surface area contributed by atoms with Gasteiger partial charge in [0.15, 0.2) is 14.2 Å². The van der Waals surface area contributed by atoms with E-state index in [1.165, 1.54) is 0 Å².